The van der Waals surface area contributed by atoms with Gasteiger partial charge in [0.1, 0.15) is 6.10 Å². The molecule has 0 rings (SSSR count). The van der Waals surface area contributed by atoms with Crippen LogP contribution in [0.3, 0.4) is 0 Å². The molecule has 4 nitrogen and oxygen atoms in total. The van der Waals surface area contributed by atoms with Crippen LogP contribution >= 0.6 is 0 Å². The van der Waals surface area contributed by atoms with Crippen LogP contribution in [0, 0.1) is 10.1 Å². The molecule has 0 aliphatic heterocycles. The fourth-order valence-corrected chi connectivity index (χ4v) is 2.90. The van der Waals surface area contributed by atoms with Crippen molar-refractivity contribution in [3.05, 3.63) is 10.1 Å². The lowest BCUT2D eigenvalue weighted by Gasteiger charge is -2.15. The third kappa shape index (κ3) is 12.0. The highest BCUT2D eigenvalue weighted by Gasteiger charge is 2.28. The van der Waals surface area contributed by atoms with Gasteiger partial charge in [0.05, 0.1) is 0 Å². The van der Waals surface area contributed by atoms with Crippen LogP contribution < -0.4 is 0 Å². The smallest absolute Gasteiger partial charge is 0.238 e. The first kappa shape index (κ1) is 21.4. The Hall–Kier alpha value is -0.640. The maximum Gasteiger partial charge on any atom is 0.238 e. The van der Waals surface area contributed by atoms with Crippen molar-refractivity contribution in [1.82, 2.24) is 0 Å². The second-order valence-corrected chi connectivity index (χ2v) is 6.53. The van der Waals surface area contributed by atoms with Crippen molar-refractivity contribution in [3.63, 3.8) is 0 Å². The molecule has 0 saturated carbocycles. The lowest BCUT2D eigenvalue weighted by atomic mass is 9.98. The molecule has 0 aromatic rings. The fraction of sp³-hybridized carbons (Fsp3) is 1.00. The van der Waals surface area contributed by atoms with Crippen LogP contribution in [0.1, 0.15) is 104 Å². The van der Waals surface area contributed by atoms with Gasteiger partial charge in [0.2, 0.25) is 6.04 Å². The summed E-state index contributed by atoms with van der Waals surface area (Å²) >= 11 is 0. The van der Waals surface area contributed by atoms with E-state index in [0.717, 1.165) is 32.1 Å². The number of nitrogens with zero attached hydrogens (tertiary/aromatic N) is 1. The molecule has 0 spiro atoms. The molecule has 0 radical (unpaired) electrons. The summed E-state index contributed by atoms with van der Waals surface area (Å²) in [5.41, 5.74) is 0. The Kier molecular flexibility index (Phi) is 14.8. The molecule has 132 valence electrons. The van der Waals surface area contributed by atoms with Crippen LogP contribution in [-0.2, 0) is 0 Å². The van der Waals surface area contributed by atoms with Gasteiger partial charge in [-0.1, -0.05) is 84.5 Å². The largest absolute Gasteiger partial charge is 0.386 e. The Bertz CT molecular complexity index is 259. The molecular weight excluding hydrogens is 278 g/mol. The fourth-order valence-electron chi connectivity index (χ4n) is 2.90. The van der Waals surface area contributed by atoms with Gasteiger partial charge in [-0.3, -0.25) is 10.1 Å². The molecule has 0 fully saturated rings. The van der Waals surface area contributed by atoms with E-state index < -0.39 is 12.1 Å². The average molecular weight is 315 g/mol. The Labute approximate surface area is 136 Å². The van der Waals surface area contributed by atoms with Gasteiger partial charge in [0.15, 0.2) is 0 Å². The number of rotatable bonds is 16. The molecule has 0 amide bonds. The van der Waals surface area contributed by atoms with E-state index in [2.05, 4.69) is 13.8 Å². The van der Waals surface area contributed by atoms with Gasteiger partial charge >= 0.3 is 0 Å². The summed E-state index contributed by atoms with van der Waals surface area (Å²) in [6.07, 6.45) is 14.3. The number of aliphatic hydroxyl groups excluding tert-OH is 1. The highest BCUT2D eigenvalue weighted by Crippen LogP contribution is 2.16. The van der Waals surface area contributed by atoms with Gasteiger partial charge < -0.3 is 5.11 Å². The van der Waals surface area contributed by atoms with Crippen LogP contribution in [-0.4, -0.2) is 22.2 Å². The molecule has 0 heterocycles. The van der Waals surface area contributed by atoms with Crippen molar-refractivity contribution in [2.45, 2.75) is 116 Å². The Morgan fingerprint density at radius 1 is 0.773 bits per heavy atom. The zero-order valence-electron chi connectivity index (χ0n) is 14.8. The van der Waals surface area contributed by atoms with E-state index in [1.165, 1.54) is 44.9 Å². The van der Waals surface area contributed by atoms with E-state index in [1.54, 1.807) is 0 Å². The minimum Gasteiger partial charge on any atom is -0.386 e. The van der Waals surface area contributed by atoms with Gasteiger partial charge in [-0.25, -0.2) is 0 Å². The molecule has 0 saturated heterocycles. The number of unbranched alkanes of at least 4 members (excludes halogenated alkanes) is 10. The minimum absolute atomic E-state index is 0.284. The van der Waals surface area contributed by atoms with Crippen LogP contribution in [0.4, 0.5) is 0 Å². The van der Waals surface area contributed by atoms with E-state index in [1.807, 2.05) is 0 Å². The normalized spacial score (nSPS) is 14.0. The second kappa shape index (κ2) is 15.3. The number of hydrogen-bond donors (Lipinski definition) is 1. The first-order valence-corrected chi connectivity index (χ1v) is 9.45. The topological polar surface area (TPSA) is 63.4 Å². The predicted molar refractivity (Wildman–Crippen MR) is 92.8 cm³/mol. The summed E-state index contributed by atoms with van der Waals surface area (Å²) in [5, 5.41) is 21.1. The van der Waals surface area contributed by atoms with Crippen LogP contribution in [0.25, 0.3) is 0 Å². The maximum atomic E-state index is 11.0. The summed E-state index contributed by atoms with van der Waals surface area (Å²) < 4.78 is 0. The molecule has 0 unspecified atom stereocenters. The number of hydrogen-bond acceptors (Lipinski definition) is 3. The van der Waals surface area contributed by atoms with Crippen LogP contribution in [0.5, 0.6) is 0 Å². The molecule has 0 aromatic heterocycles. The van der Waals surface area contributed by atoms with Crippen molar-refractivity contribution in [2.75, 3.05) is 0 Å². The van der Waals surface area contributed by atoms with E-state index in [4.69, 9.17) is 0 Å². The molecule has 1 N–H and O–H groups in total. The van der Waals surface area contributed by atoms with Gasteiger partial charge in [0.25, 0.3) is 0 Å². The van der Waals surface area contributed by atoms with Crippen LogP contribution in [0.15, 0.2) is 0 Å². The van der Waals surface area contributed by atoms with E-state index in [9.17, 15) is 15.2 Å². The predicted octanol–water partition coefficient (Wildman–Crippen LogP) is 5.49. The quantitative estimate of drug-likeness (QED) is 0.232. The summed E-state index contributed by atoms with van der Waals surface area (Å²) in [4.78, 5) is 10.8. The summed E-state index contributed by atoms with van der Waals surface area (Å²) in [5.74, 6) is 0. The maximum absolute atomic E-state index is 11.0. The zero-order chi connectivity index (χ0) is 16.6. The SMILES string of the molecule is CCCCCCCCCCC[C@@H](O)[C@H](CCCCC)[N+](=O)[O-]. The van der Waals surface area contributed by atoms with E-state index >= 15 is 0 Å². The molecule has 22 heavy (non-hydrogen) atoms. The highest BCUT2D eigenvalue weighted by molar-refractivity contribution is 4.68. The first-order chi connectivity index (χ1) is 10.6. The minimum atomic E-state index is -0.767. The third-order valence-electron chi connectivity index (χ3n) is 4.42. The number of aliphatic hydroxyl groups is 1. The monoisotopic (exact) mass is 315 g/mol. The van der Waals surface area contributed by atoms with Crippen LogP contribution in [0.2, 0.25) is 0 Å². The number of nitro groups is 1. The zero-order valence-corrected chi connectivity index (χ0v) is 14.8. The Morgan fingerprint density at radius 3 is 1.68 bits per heavy atom. The van der Waals surface area contributed by atoms with Crippen molar-refractivity contribution < 1.29 is 10.0 Å². The van der Waals surface area contributed by atoms with Crippen molar-refractivity contribution in [2.24, 2.45) is 0 Å². The van der Waals surface area contributed by atoms with Gasteiger partial charge in [-0.2, -0.15) is 0 Å². The molecule has 0 aliphatic carbocycles. The molecular formula is C18H37NO3. The summed E-state index contributed by atoms with van der Waals surface area (Å²) in [7, 11) is 0. The van der Waals surface area contributed by atoms with Crippen molar-refractivity contribution in [3.8, 4) is 0 Å². The summed E-state index contributed by atoms with van der Waals surface area (Å²) in [6.45, 7) is 4.31. The molecule has 4 heteroatoms. The van der Waals surface area contributed by atoms with Crippen molar-refractivity contribution >= 4 is 0 Å². The first-order valence-electron chi connectivity index (χ1n) is 9.45. The van der Waals surface area contributed by atoms with Gasteiger partial charge in [-0.05, 0) is 12.8 Å². The van der Waals surface area contributed by atoms with Gasteiger partial charge in [0, 0.05) is 11.3 Å². The molecule has 2 atom stereocenters. The van der Waals surface area contributed by atoms with E-state index in [0.29, 0.717) is 12.8 Å². The lowest BCUT2D eigenvalue weighted by Crippen LogP contribution is -2.33. The average Bonchev–Trinajstić information content (AvgIpc) is 2.49. The summed E-state index contributed by atoms with van der Waals surface area (Å²) in [6, 6.07) is -0.763. The lowest BCUT2D eigenvalue weighted by molar-refractivity contribution is -0.535. The third-order valence-corrected chi connectivity index (χ3v) is 4.42. The molecule has 0 bridgehead atoms. The molecule has 0 aromatic carbocycles. The van der Waals surface area contributed by atoms with Crippen molar-refractivity contribution in [1.29, 1.82) is 0 Å². The van der Waals surface area contributed by atoms with E-state index in [-0.39, 0.29) is 4.92 Å². The highest BCUT2D eigenvalue weighted by atomic mass is 16.6. The molecule has 0 aliphatic rings. The Morgan fingerprint density at radius 2 is 1.18 bits per heavy atom. The second-order valence-electron chi connectivity index (χ2n) is 6.53. The Balaban J connectivity index is 3.63. The standard InChI is InChI=1S/C18H37NO3/c1-3-5-7-8-9-10-11-12-14-16-18(20)17(19(21)22)15-13-6-4-2/h17-18,20H,3-16H2,1-2H3/t17-,18+/m0/s1. The van der Waals surface area contributed by atoms with Gasteiger partial charge in [-0.15, -0.1) is 0 Å².